The number of carboxylic acid groups (broad SMARTS) is 1. The Morgan fingerprint density at radius 3 is 2.56 bits per heavy atom. The van der Waals surface area contributed by atoms with E-state index in [1.54, 1.807) is 12.1 Å². The summed E-state index contributed by atoms with van der Waals surface area (Å²) in [6.07, 6.45) is -0.927. The van der Waals surface area contributed by atoms with Crippen LogP contribution in [0.5, 0.6) is 0 Å². The molecule has 2 aromatic rings. The van der Waals surface area contributed by atoms with Crippen LogP contribution < -0.4 is 5.32 Å². The number of hydrogen-bond donors (Lipinski definition) is 2. The summed E-state index contributed by atoms with van der Waals surface area (Å²) >= 11 is 0. The maximum Gasteiger partial charge on any atom is 0.407 e. The van der Waals surface area contributed by atoms with Crippen molar-refractivity contribution in [2.24, 2.45) is 5.92 Å². The van der Waals surface area contributed by atoms with Crippen molar-refractivity contribution in [2.45, 2.75) is 5.92 Å². The number of halogens is 1. The molecule has 0 spiro atoms. The molecule has 5 nitrogen and oxygen atoms in total. The van der Waals surface area contributed by atoms with Gasteiger partial charge in [0.1, 0.15) is 5.82 Å². The second-order valence-electron chi connectivity index (χ2n) is 6.57. The predicted molar refractivity (Wildman–Crippen MR) is 90.0 cm³/mol. The van der Waals surface area contributed by atoms with Crippen LogP contribution in [-0.4, -0.2) is 41.6 Å². The topological polar surface area (TPSA) is 69.6 Å². The number of carbonyl (C=O) groups excluding carboxylic acids is 1. The van der Waals surface area contributed by atoms with Gasteiger partial charge in [0.2, 0.25) is 0 Å². The number of benzene rings is 2. The molecule has 4 rings (SSSR count). The minimum atomic E-state index is -0.927. The van der Waals surface area contributed by atoms with Crippen molar-refractivity contribution in [3.63, 3.8) is 0 Å². The lowest BCUT2D eigenvalue weighted by Gasteiger charge is -2.16. The number of rotatable bonds is 1. The molecule has 128 valence electrons. The highest BCUT2D eigenvalue weighted by atomic mass is 19.1. The highest BCUT2D eigenvalue weighted by Gasteiger charge is 2.39. The van der Waals surface area contributed by atoms with Crippen LogP contribution in [0, 0.1) is 11.7 Å². The zero-order chi connectivity index (χ0) is 17.6. The van der Waals surface area contributed by atoms with Gasteiger partial charge in [-0.3, -0.25) is 4.79 Å². The van der Waals surface area contributed by atoms with Gasteiger partial charge in [0.15, 0.2) is 0 Å². The maximum absolute atomic E-state index is 13.1. The minimum Gasteiger partial charge on any atom is -0.465 e. The van der Waals surface area contributed by atoms with Gasteiger partial charge in [-0.2, -0.15) is 0 Å². The third kappa shape index (κ3) is 2.73. The van der Waals surface area contributed by atoms with Crippen LogP contribution in [0.4, 0.5) is 9.18 Å². The molecule has 2 unspecified atom stereocenters. The molecule has 2 amide bonds. The molecule has 0 bridgehead atoms. The molecular weight excluding hydrogens is 323 g/mol. The Hall–Kier alpha value is -2.89. The predicted octanol–water partition coefficient (Wildman–Crippen LogP) is 2.93. The van der Waals surface area contributed by atoms with Crippen LogP contribution in [0.25, 0.3) is 11.1 Å². The van der Waals surface area contributed by atoms with Gasteiger partial charge in [-0.05, 0) is 34.9 Å². The maximum atomic E-state index is 13.1. The first-order valence-corrected chi connectivity index (χ1v) is 8.19. The van der Waals surface area contributed by atoms with E-state index in [0.29, 0.717) is 25.2 Å². The summed E-state index contributed by atoms with van der Waals surface area (Å²) in [6, 6.07) is 11.8. The summed E-state index contributed by atoms with van der Waals surface area (Å²) in [4.78, 5) is 25.2. The molecule has 2 aromatic carbocycles. The van der Waals surface area contributed by atoms with Crippen LogP contribution in [0.3, 0.4) is 0 Å². The molecule has 2 atom stereocenters. The Morgan fingerprint density at radius 2 is 1.84 bits per heavy atom. The van der Waals surface area contributed by atoms with Crippen LogP contribution in [0.15, 0.2) is 42.5 Å². The third-order valence-electron chi connectivity index (χ3n) is 5.11. The summed E-state index contributed by atoms with van der Waals surface area (Å²) in [5, 5.41) is 12.2. The smallest absolute Gasteiger partial charge is 0.407 e. The van der Waals surface area contributed by atoms with E-state index < -0.39 is 6.09 Å². The van der Waals surface area contributed by atoms with Gasteiger partial charge < -0.3 is 15.3 Å². The second kappa shape index (κ2) is 5.88. The first-order valence-electron chi connectivity index (χ1n) is 8.19. The summed E-state index contributed by atoms with van der Waals surface area (Å²) < 4.78 is 13.1. The molecule has 0 radical (unpaired) electrons. The lowest BCUT2D eigenvalue weighted by atomic mass is 9.86. The average Bonchev–Trinajstić information content (AvgIpc) is 2.99. The number of amides is 2. The van der Waals surface area contributed by atoms with E-state index in [0.717, 1.165) is 16.7 Å². The van der Waals surface area contributed by atoms with Gasteiger partial charge >= 0.3 is 6.09 Å². The largest absolute Gasteiger partial charge is 0.465 e. The highest BCUT2D eigenvalue weighted by Crippen LogP contribution is 2.37. The highest BCUT2D eigenvalue weighted by molar-refractivity contribution is 5.97. The minimum absolute atomic E-state index is 0.00678. The van der Waals surface area contributed by atoms with Crippen molar-refractivity contribution in [1.82, 2.24) is 10.2 Å². The SMILES string of the molecule is O=C1NCC2CN(C(=O)O)CC2c2ccc(-c3ccc(F)cc3)cc21. The van der Waals surface area contributed by atoms with E-state index in [1.165, 1.54) is 17.0 Å². The first kappa shape index (κ1) is 15.6. The standard InChI is InChI=1S/C19H17FN2O3/c20-14-4-1-11(2-5-14)12-3-6-15-16(7-12)18(23)21-8-13-9-22(19(24)25)10-17(13)15/h1-7,13,17H,8-10H2,(H,21,23)(H,24,25). The van der Waals surface area contributed by atoms with E-state index in [2.05, 4.69) is 5.32 Å². The quantitative estimate of drug-likeness (QED) is 0.839. The molecule has 1 fully saturated rings. The number of nitrogens with one attached hydrogen (secondary N) is 1. The molecule has 6 heteroatoms. The van der Waals surface area contributed by atoms with E-state index in [1.807, 2.05) is 18.2 Å². The lowest BCUT2D eigenvalue weighted by molar-refractivity contribution is 0.0951. The molecular formula is C19H17FN2O3. The Morgan fingerprint density at radius 1 is 1.12 bits per heavy atom. The van der Waals surface area contributed by atoms with E-state index in [-0.39, 0.29) is 23.6 Å². The van der Waals surface area contributed by atoms with Crippen LogP contribution in [-0.2, 0) is 0 Å². The van der Waals surface area contributed by atoms with Crippen molar-refractivity contribution in [1.29, 1.82) is 0 Å². The Labute approximate surface area is 144 Å². The molecule has 0 saturated carbocycles. The zero-order valence-electron chi connectivity index (χ0n) is 13.4. The molecule has 2 aliphatic rings. The summed E-state index contributed by atoms with van der Waals surface area (Å²) in [6.45, 7) is 1.30. The monoisotopic (exact) mass is 340 g/mol. The molecule has 2 aliphatic heterocycles. The van der Waals surface area contributed by atoms with Crippen molar-refractivity contribution < 1.29 is 19.1 Å². The summed E-state index contributed by atoms with van der Waals surface area (Å²) in [7, 11) is 0. The first-order chi connectivity index (χ1) is 12.0. The fraction of sp³-hybridized carbons (Fsp3) is 0.263. The Balaban J connectivity index is 1.74. The summed E-state index contributed by atoms with van der Waals surface area (Å²) in [5.74, 6) is -0.362. The van der Waals surface area contributed by atoms with Crippen LogP contribution in [0.2, 0.25) is 0 Å². The van der Waals surface area contributed by atoms with Gasteiger partial charge in [0, 0.05) is 37.0 Å². The van der Waals surface area contributed by atoms with E-state index in [9.17, 15) is 19.1 Å². The number of nitrogens with zero attached hydrogens (tertiary/aromatic N) is 1. The van der Waals surface area contributed by atoms with Crippen molar-refractivity contribution >= 4 is 12.0 Å². The van der Waals surface area contributed by atoms with Gasteiger partial charge in [-0.15, -0.1) is 0 Å². The fourth-order valence-corrected chi connectivity index (χ4v) is 3.80. The molecule has 2 heterocycles. The Bertz CT molecular complexity index is 850. The second-order valence-corrected chi connectivity index (χ2v) is 6.57. The summed E-state index contributed by atoms with van der Waals surface area (Å²) in [5.41, 5.74) is 3.12. The molecule has 1 saturated heterocycles. The number of hydrogen-bond acceptors (Lipinski definition) is 2. The fourth-order valence-electron chi connectivity index (χ4n) is 3.80. The van der Waals surface area contributed by atoms with Gasteiger partial charge in [-0.25, -0.2) is 9.18 Å². The van der Waals surface area contributed by atoms with E-state index >= 15 is 0 Å². The van der Waals surface area contributed by atoms with Gasteiger partial charge in [0.25, 0.3) is 5.91 Å². The van der Waals surface area contributed by atoms with Crippen molar-refractivity contribution in [2.75, 3.05) is 19.6 Å². The van der Waals surface area contributed by atoms with Crippen molar-refractivity contribution in [3.05, 3.63) is 59.4 Å². The number of carbonyl (C=O) groups is 2. The molecule has 2 N–H and O–H groups in total. The van der Waals surface area contributed by atoms with Crippen molar-refractivity contribution in [3.8, 4) is 11.1 Å². The number of fused-ring (bicyclic) bond motifs is 3. The van der Waals surface area contributed by atoms with Gasteiger partial charge in [0.05, 0.1) is 0 Å². The lowest BCUT2D eigenvalue weighted by Crippen LogP contribution is -2.31. The molecule has 0 aliphatic carbocycles. The third-order valence-corrected chi connectivity index (χ3v) is 5.11. The van der Waals surface area contributed by atoms with Gasteiger partial charge in [-0.1, -0.05) is 24.3 Å². The van der Waals surface area contributed by atoms with Crippen LogP contribution in [0.1, 0.15) is 21.8 Å². The Kier molecular flexibility index (Phi) is 3.67. The number of likely N-dealkylation sites (tertiary alicyclic amines) is 1. The molecule has 25 heavy (non-hydrogen) atoms. The average molecular weight is 340 g/mol. The molecule has 0 aromatic heterocycles. The van der Waals surface area contributed by atoms with E-state index in [4.69, 9.17) is 0 Å². The van der Waals surface area contributed by atoms with Crippen LogP contribution >= 0.6 is 0 Å². The zero-order valence-corrected chi connectivity index (χ0v) is 13.4. The normalized spacial score (nSPS) is 22.0.